The zero-order valence-corrected chi connectivity index (χ0v) is 18.1. The molecule has 0 radical (unpaired) electrons. The van der Waals surface area contributed by atoms with Gasteiger partial charge in [0.25, 0.3) is 5.91 Å². The van der Waals surface area contributed by atoms with Gasteiger partial charge in [-0.1, -0.05) is 11.3 Å². The summed E-state index contributed by atoms with van der Waals surface area (Å²) in [6.45, 7) is 3.36. The van der Waals surface area contributed by atoms with Crippen LogP contribution in [-0.4, -0.2) is 72.8 Å². The predicted molar refractivity (Wildman–Crippen MR) is 114 cm³/mol. The lowest BCUT2D eigenvalue weighted by atomic mass is 10.3. The van der Waals surface area contributed by atoms with E-state index in [2.05, 4.69) is 20.4 Å². The van der Waals surface area contributed by atoms with Crippen LogP contribution in [0.25, 0.3) is 10.2 Å². The molecule has 31 heavy (non-hydrogen) atoms. The highest BCUT2D eigenvalue weighted by Crippen LogP contribution is 2.40. The van der Waals surface area contributed by atoms with Crippen molar-refractivity contribution in [2.75, 3.05) is 57.3 Å². The molecule has 1 N–H and O–H groups in total. The average Bonchev–Trinajstić information content (AvgIpc) is 3.41. The molecule has 166 valence electrons. The number of anilines is 2. The van der Waals surface area contributed by atoms with E-state index in [0.29, 0.717) is 66.1 Å². The number of carbonyl (C=O) groups is 1. The number of amides is 1. The van der Waals surface area contributed by atoms with Crippen LogP contribution >= 0.6 is 11.3 Å². The van der Waals surface area contributed by atoms with E-state index in [1.807, 2.05) is 4.90 Å². The van der Waals surface area contributed by atoms with E-state index >= 15 is 0 Å². The number of ether oxygens (including phenoxy) is 3. The van der Waals surface area contributed by atoms with Crippen molar-refractivity contribution < 1.29 is 23.4 Å². The Balaban J connectivity index is 1.59. The molecule has 0 aromatic carbocycles. The molecule has 0 spiro atoms. The van der Waals surface area contributed by atoms with E-state index in [-0.39, 0.29) is 11.8 Å². The van der Waals surface area contributed by atoms with Crippen molar-refractivity contribution in [3.8, 4) is 5.88 Å². The number of aryl methyl sites for hydroxylation is 1. The first-order valence-electron chi connectivity index (χ1n) is 9.80. The maximum absolute atomic E-state index is 14.8. The van der Waals surface area contributed by atoms with Crippen molar-refractivity contribution in [1.29, 1.82) is 0 Å². The Morgan fingerprint density at radius 1 is 1.32 bits per heavy atom. The van der Waals surface area contributed by atoms with Gasteiger partial charge < -0.3 is 19.1 Å². The molecule has 10 nitrogen and oxygen atoms in total. The van der Waals surface area contributed by atoms with Crippen LogP contribution in [0.1, 0.15) is 16.8 Å². The fourth-order valence-corrected chi connectivity index (χ4v) is 4.33. The summed E-state index contributed by atoms with van der Waals surface area (Å²) in [6.07, 6.45) is 3.95. The molecule has 1 saturated heterocycles. The summed E-state index contributed by atoms with van der Waals surface area (Å²) in [7, 11) is 3.05. The average molecular weight is 450 g/mol. The van der Waals surface area contributed by atoms with Gasteiger partial charge in [0.05, 0.1) is 36.8 Å². The molecule has 0 aliphatic carbocycles. The number of aromatic nitrogens is 4. The van der Waals surface area contributed by atoms with Crippen molar-refractivity contribution in [3.63, 3.8) is 0 Å². The van der Waals surface area contributed by atoms with Crippen LogP contribution in [0.4, 0.5) is 15.2 Å². The third kappa shape index (κ3) is 4.60. The molecule has 1 aliphatic rings. The number of nitrogens with zero attached hydrogens (tertiary/aromatic N) is 5. The first kappa shape index (κ1) is 21.4. The summed E-state index contributed by atoms with van der Waals surface area (Å²) >= 11 is 1.18. The number of halogens is 1. The molecule has 1 amide bonds. The van der Waals surface area contributed by atoms with Gasteiger partial charge in [-0.2, -0.15) is 14.5 Å². The van der Waals surface area contributed by atoms with E-state index in [1.54, 1.807) is 18.0 Å². The molecular formula is C19H23FN6O4S. The van der Waals surface area contributed by atoms with Gasteiger partial charge in [0.1, 0.15) is 11.2 Å². The highest BCUT2D eigenvalue weighted by Gasteiger charge is 2.25. The van der Waals surface area contributed by atoms with Crippen molar-refractivity contribution in [2.45, 2.75) is 13.0 Å². The van der Waals surface area contributed by atoms with Gasteiger partial charge in [0, 0.05) is 39.5 Å². The molecular weight excluding hydrogens is 427 g/mol. The summed E-state index contributed by atoms with van der Waals surface area (Å²) in [6, 6.07) is 0. The minimum atomic E-state index is -0.634. The molecule has 3 aromatic heterocycles. The van der Waals surface area contributed by atoms with Gasteiger partial charge in [0.2, 0.25) is 11.8 Å². The highest BCUT2D eigenvalue weighted by molar-refractivity contribution is 7.23. The van der Waals surface area contributed by atoms with Gasteiger partial charge in [-0.25, -0.2) is 4.98 Å². The van der Waals surface area contributed by atoms with Crippen LogP contribution in [0.2, 0.25) is 0 Å². The van der Waals surface area contributed by atoms with Crippen LogP contribution < -0.4 is 15.0 Å². The third-order valence-electron chi connectivity index (χ3n) is 4.81. The van der Waals surface area contributed by atoms with E-state index in [1.165, 1.54) is 24.6 Å². The van der Waals surface area contributed by atoms with Crippen LogP contribution in [0, 0.1) is 5.95 Å². The SMILES string of the molecule is COCCCn1cc(C(=O)Nc2nc3c(OC)nc(F)c(N4CCOCC4)c3s2)cn1. The van der Waals surface area contributed by atoms with Gasteiger partial charge in [-0.15, -0.1) is 0 Å². The third-order valence-corrected chi connectivity index (χ3v) is 5.79. The second-order valence-electron chi connectivity index (χ2n) is 6.85. The van der Waals surface area contributed by atoms with E-state index in [4.69, 9.17) is 14.2 Å². The molecule has 1 fully saturated rings. The summed E-state index contributed by atoms with van der Waals surface area (Å²) in [5.74, 6) is -0.908. The fourth-order valence-electron chi connectivity index (χ4n) is 3.31. The smallest absolute Gasteiger partial charge is 0.260 e. The van der Waals surface area contributed by atoms with Crippen molar-refractivity contribution in [1.82, 2.24) is 19.7 Å². The molecule has 0 unspecified atom stereocenters. The first-order valence-corrected chi connectivity index (χ1v) is 10.6. The Morgan fingerprint density at radius 2 is 2.13 bits per heavy atom. The van der Waals surface area contributed by atoms with Gasteiger partial charge in [0.15, 0.2) is 5.13 Å². The number of hydrogen-bond acceptors (Lipinski definition) is 9. The lowest BCUT2D eigenvalue weighted by Gasteiger charge is -2.29. The summed E-state index contributed by atoms with van der Waals surface area (Å²) in [4.78, 5) is 22.9. The first-order chi connectivity index (χ1) is 15.1. The van der Waals surface area contributed by atoms with Gasteiger partial charge in [-0.05, 0) is 6.42 Å². The summed E-state index contributed by atoms with van der Waals surface area (Å²) < 4.78 is 32.7. The second kappa shape index (κ2) is 9.54. The number of nitrogens with one attached hydrogen (secondary N) is 1. The van der Waals surface area contributed by atoms with Crippen LogP contribution in [0.3, 0.4) is 0 Å². The molecule has 12 heteroatoms. The van der Waals surface area contributed by atoms with Crippen LogP contribution in [0.15, 0.2) is 12.4 Å². The Morgan fingerprint density at radius 3 is 2.87 bits per heavy atom. The van der Waals surface area contributed by atoms with Gasteiger partial charge >= 0.3 is 0 Å². The lowest BCUT2D eigenvalue weighted by molar-refractivity contribution is 0.102. The molecule has 1 aliphatic heterocycles. The Hall–Kier alpha value is -2.83. The molecule has 0 bridgehead atoms. The fraction of sp³-hybridized carbons (Fsp3) is 0.474. The number of hydrogen-bond donors (Lipinski definition) is 1. The molecule has 3 aromatic rings. The van der Waals surface area contributed by atoms with E-state index in [0.717, 1.165) is 6.42 Å². The summed E-state index contributed by atoms with van der Waals surface area (Å²) in [5.41, 5.74) is 1.16. The molecule has 4 heterocycles. The standard InChI is InChI=1S/C19H23FN6O4S/c1-28-7-3-4-26-11-12(10-21-26)17(27)24-19-22-13-15(31-19)14(16(20)23-18(13)29-2)25-5-8-30-9-6-25/h10-11H,3-9H2,1-2H3,(H,22,24,27). The topological polar surface area (TPSA) is 104 Å². The maximum atomic E-state index is 14.8. The minimum Gasteiger partial charge on any atom is -0.479 e. The molecule has 4 rings (SSSR count). The number of methoxy groups -OCH3 is 2. The zero-order chi connectivity index (χ0) is 21.8. The number of morpholine rings is 1. The Labute approximate surface area is 181 Å². The van der Waals surface area contributed by atoms with E-state index in [9.17, 15) is 9.18 Å². The summed E-state index contributed by atoms with van der Waals surface area (Å²) in [5, 5.41) is 7.29. The molecule has 0 atom stereocenters. The number of thiazole rings is 1. The van der Waals surface area contributed by atoms with Gasteiger partial charge in [-0.3, -0.25) is 14.8 Å². The predicted octanol–water partition coefficient (Wildman–Crippen LogP) is 2.16. The Kier molecular flexibility index (Phi) is 6.59. The lowest BCUT2D eigenvalue weighted by Crippen LogP contribution is -2.37. The van der Waals surface area contributed by atoms with Crippen LogP contribution in [0.5, 0.6) is 5.88 Å². The van der Waals surface area contributed by atoms with Crippen LogP contribution in [-0.2, 0) is 16.0 Å². The zero-order valence-electron chi connectivity index (χ0n) is 17.3. The van der Waals surface area contributed by atoms with Crippen molar-refractivity contribution in [3.05, 3.63) is 23.9 Å². The highest BCUT2D eigenvalue weighted by atomic mass is 32.1. The monoisotopic (exact) mass is 450 g/mol. The normalized spacial score (nSPS) is 14.2. The van der Waals surface area contributed by atoms with Crippen molar-refractivity contribution >= 4 is 38.3 Å². The number of fused-ring (bicyclic) bond motifs is 1. The second-order valence-corrected chi connectivity index (χ2v) is 7.85. The number of pyridine rings is 1. The maximum Gasteiger partial charge on any atom is 0.260 e. The number of rotatable bonds is 8. The quantitative estimate of drug-likeness (QED) is 0.411. The van der Waals surface area contributed by atoms with E-state index < -0.39 is 5.95 Å². The molecule has 0 saturated carbocycles. The van der Waals surface area contributed by atoms with Crippen molar-refractivity contribution in [2.24, 2.45) is 0 Å². The Bertz CT molecular complexity index is 1070. The minimum absolute atomic E-state index is 0.0761. The largest absolute Gasteiger partial charge is 0.479 e. The number of carbonyl (C=O) groups excluding carboxylic acids is 1.